The van der Waals surface area contributed by atoms with Crippen molar-refractivity contribution >= 4 is 0 Å². The van der Waals surface area contributed by atoms with Crippen LogP contribution in [0.1, 0.15) is 63.3 Å². The SMILES string of the molecule is CCC(C)c1cccc(CC(CCc2ccco2)C(C)C)c1. The summed E-state index contributed by atoms with van der Waals surface area (Å²) in [6.07, 6.45) is 6.38. The molecule has 1 nitrogen and oxygen atoms in total. The molecule has 0 N–H and O–H groups in total. The summed E-state index contributed by atoms with van der Waals surface area (Å²) in [7, 11) is 0. The predicted molar refractivity (Wildman–Crippen MR) is 94.2 cm³/mol. The van der Waals surface area contributed by atoms with Gasteiger partial charge in [-0.3, -0.25) is 0 Å². The Hall–Kier alpha value is -1.50. The molecule has 0 bridgehead atoms. The third-order valence-electron chi connectivity index (χ3n) is 4.91. The van der Waals surface area contributed by atoms with Gasteiger partial charge in [-0.1, -0.05) is 52.0 Å². The normalized spacial score (nSPS) is 14.2. The summed E-state index contributed by atoms with van der Waals surface area (Å²) in [5.41, 5.74) is 2.96. The molecule has 1 heterocycles. The van der Waals surface area contributed by atoms with Crippen molar-refractivity contribution in [3.8, 4) is 0 Å². The zero-order valence-corrected chi connectivity index (χ0v) is 14.5. The van der Waals surface area contributed by atoms with Gasteiger partial charge in [-0.15, -0.1) is 0 Å². The smallest absolute Gasteiger partial charge is 0.103 e. The number of furan rings is 1. The van der Waals surface area contributed by atoms with E-state index in [2.05, 4.69) is 58.0 Å². The lowest BCUT2D eigenvalue weighted by molar-refractivity contribution is 0.345. The minimum Gasteiger partial charge on any atom is -0.469 e. The van der Waals surface area contributed by atoms with Gasteiger partial charge in [-0.05, 0) is 60.3 Å². The van der Waals surface area contributed by atoms with E-state index in [4.69, 9.17) is 4.42 Å². The lowest BCUT2D eigenvalue weighted by atomic mass is 9.84. The number of hydrogen-bond donors (Lipinski definition) is 0. The second-order valence-corrected chi connectivity index (χ2v) is 6.88. The molecule has 0 amide bonds. The highest BCUT2D eigenvalue weighted by atomic mass is 16.3. The van der Waals surface area contributed by atoms with Gasteiger partial charge in [-0.2, -0.15) is 0 Å². The quantitative estimate of drug-likeness (QED) is 0.562. The fourth-order valence-electron chi connectivity index (χ4n) is 3.02. The highest BCUT2D eigenvalue weighted by Gasteiger charge is 2.15. The van der Waals surface area contributed by atoms with E-state index in [1.54, 1.807) is 6.26 Å². The first-order valence-electron chi connectivity index (χ1n) is 8.71. The van der Waals surface area contributed by atoms with Crippen LogP contribution in [0.5, 0.6) is 0 Å². The van der Waals surface area contributed by atoms with E-state index in [-0.39, 0.29) is 0 Å². The van der Waals surface area contributed by atoms with Gasteiger partial charge in [0.05, 0.1) is 6.26 Å². The van der Waals surface area contributed by atoms with Crippen molar-refractivity contribution in [1.29, 1.82) is 0 Å². The summed E-state index contributed by atoms with van der Waals surface area (Å²) in [4.78, 5) is 0. The predicted octanol–water partition coefficient (Wildman–Crippen LogP) is 6.24. The number of aryl methyl sites for hydroxylation is 1. The Morgan fingerprint density at radius 2 is 1.86 bits per heavy atom. The molecule has 2 unspecified atom stereocenters. The summed E-state index contributed by atoms with van der Waals surface area (Å²) >= 11 is 0. The van der Waals surface area contributed by atoms with Crippen LogP contribution in [-0.4, -0.2) is 0 Å². The first-order chi connectivity index (χ1) is 10.6. The summed E-state index contributed by atoms with van der Waals surface area (Å²) < 4.78 is 5.48. The Bertz CT molecular complexity index is 539. The van der Waals surface area contributed by atoms with E-state index in [9.17, 15) is 0 Å². The largest absolute Gasteiger partial charge is 0.469 e. The van der Waals surface area contributed by atoms with Gasteiger partial charge in [0.2, 0.25) is 0 Å². The van der Waals surface area contributed by atoms with Crippen LogP contribution in [0.3, 0.4) is 0 Å². The Balaban J connectivity index is 2.01. The molecule has 0 saturated carbocycles. The van der Waals surface area contributed by atoms with Crippen molar-refractivity contribution in [2.45, 2.75) is 59.3 Å². The van der Waals surface area contributed by atoms with Crippen LogP contribution in [0.2, 0.25) is 0 Å². The van der Waals surface area contributed by atoms with E-state index < -0.39 is 0 Å². The fraction of sp³-hybridized carbons (Fsp3) is 0.524. The summed E-state index contributed by atoms with van der Waals surface area (Å²) in [6.45, 7) is 9.25. The zero-order valence-electron chi connectivity index (χ0n) is 14.5. The summed E-state index contributed by atoms with van der Waals surface area (Å²) in [6, 6.07) is 13.3. The van der Waals surface area contributed by atoms with Crippen LogP contribution in [0.4, 0.5) is 0 Å². The van der Waals surface area contributed by atoms with Gasteiger partial charge in [0.1, 0.15) is 5.76 Å². The van der Waals surface area contributed by atoms with Crippen molar-refractivity contribution in [3.05, 3.63) is 59.5 Å². The van der Waals surface area contributed by atoms with Crippen molar-refractivity contribution in [2.24, 2.45) is 11.8 Å². The molecule has 1 aromatic heterocycles. The number of hydrogen-bond acceptors (Lipinski definition) is 1. The van der Waals surface area contributed by atoms with Crippen molar-refractivity contribution in [3.63, 3.8) is 0 Å². The van der Waals surface area contributed by atoms with Crippen LogP contribution in [-0.2, 0) is 12.8 Å². The number of rotatable bonds is 8. The molecule has 0 fully saturated rings. The highest BCUT2D eigenvalue weighted by Crippen LogP contribution is 2.25. The van der Waals surface area contributed by atoms with Crippen LogP contribution in [0.25, 0.3) is 0 Å². The summed E-state index contributed by atoms with van der Waals surface area (Å²) in [5, 5.41) is 0. The maximum atomic E-state index is 5.48. The van der Waals surface area contributed by atoms with Gasteiger partial charge in [-0.25, -0.2) is 0 Å². The maximum Gasteiger partial charge on any atom is 0.103 e. The molecule has 0 radical (unpaired) electrons. The molecule has 22 heavy (non-hydrogen) atoms. The monoisotopic (exact) mass is 298 g/mol. The van der Waals surface area contributed by atoms with Crippen LogP contribution in [0, 0.1) is 11.8 Å². The lowest BCUT2D eigenvalue weighted by Crippen LogP contribution is -2.13. The molecule has 0 spiro atoms. The Kier molecular flexibility index (Phi) is 6.30. The minimum atomic E-state index is 0.653. The third-order valence-corrected chi connectivity index (χ3v) is 4.91. The molecule has 2 atom stereocenters. The van der Waals surface area contributed by atoms with Gasteiger partial charge in [0.15, 0.2) is 0 Å². The third kappa shape index (κ3) is 4.76. The standard InChI is InChI=1S/C21H30O/c1-5-17(4)20-9-6-8-18(15-20)14-19(16(2)3)11-12-21-10-7-13-22-21/h6-10,13,15-17,19H,5,11-12,14H2,1-4H3. The topological polar surface area (TPSA) is 13.1 Å². The van der Waals surface area contributed by atoms with E-state index in [1.807, 2.05) is 6.07 Å². The summed E-state index contributed by atoms with van der Waals surface area (Å²) in [5.74, 6) is 3.17. The second-order valence-electron chi connectivity index (χ2n) is 6.88. The van der Waals surface area contributed by atoms with Gasteiger partial charge in [0, 0.05) is 6.42 Å². The van der Waals surface area contributed by atoms with Crippen LogP contribution < -0.4 is 0 Å². The van der Waals surface area contributed by atoms with Gasteiger partial charge in [0.25, 0.3) is 0 Å². The fourth-order valence-corrected chi connectivity index (χ4v) is 3.02. The Morgan fingerprint density at radius 1 is 1.05 bits per heavy atom. The van der Waals surface area contributed by atoms with E-state index in [0.717, 1.165) is 12.2 Å². The van der Waals surface area contributed by atoms with Gasteiger partial charge >= 0.3 is 0 Å². The van der Waals surface area contributed by atoms with E-state index >= 15 is 0 Å². The molecule has 1 heteroatoms. The first kappa shape index (κ1) is 16.9. The maximum absolute atomic E-state index is 5.48. The molecular weight excluding hydrogens is 268 g/mol. The Labute approximate surface area is 135 Å². The molecule has 2 aromatic rings. The molecular formula is C21H30O. The van der Waals surface area contributed by atoms with Gasteiger partial charge < -0.3 is 4.42 Å². The second kappa shape index (κ2) is 8.22. The average Bonchev–Trinajstić information content (AvgIpc) is 3.04. The van der Waals surface area contributed by atoms with Crippen molar-refractivity contribution < 1.29 is 4.42 Å². The van der Waals surface area contributed by atoms with Crippen molar-refractivity contribution in [2.75, 3.05) is 0 Å². The van der Waals surface area contributed by atoms with Crippen LogP contribution in [0.15, 0.2) is 47.1 Å². The van der Waals surface area contributed by atoms with E-state index in [1.165, 1.54) is 30.4 Å². The molecule has 120 valence electrons. The number of benzene rings is 1. The highest BCUT2D eigenvalue weighted by molar-refractivity contribution is 5.26. The molecule has 0 aliphatic rings. The molecule has 2 rings (SSSR count). The van der Waals surface area contributed by atoms with E-state index in [0.29, 0.717) is 17.8 Å². The molecule has 0 aliphatic heterocycles. The molecule has 0 saturated heterocycles. The minimum absolute atomic E-state index is 0.653. The zero-order chi connectivity index (χ0) is 15.9. The molecule has 1 aromatic carbocycles. The molecule has 0 aliphatic carbocycles. The lowest BCUT2D eigenvalue weighted by Gasteiger charge is -2.21. The first-order valence-corrected chi connectivity index (χ1v) is 8.71. The van der Waals surface area contributed by atoms with Crippen molar-refractivity contribution in [1.82, 2.24) is 0 Å². The average molecular weight is 298 g/mol. The Morgan fingerprint density at radius 3 is 2.50 bits per heavy atom. The van der Waals surface area contributed by atoms with Crippen LogP contribution >= 0.6 is 0 Å².